The molecule has 0 aromatic carbocycles. The van der Waals surface area contributed by atoms with Crippen LogP contribution in [0.2, 0.25) is 0 Å². The third kappa shape index (κ3) is 2.64. The average molecular weight is 222 g/mol. The van der Waals surface area contributed by atoms with Crippen LogP contribution in [0.15, 0.2) is 12.7 Å². The normalized spacial score (nSPS) is 26.6. The molecule has 16 heavy (non-hydrogen) atoms. The fourth-order valence-electron chi connectivity index (χ4n) is 2.79. The van der Waals surface area contributed by atoms with Gasteiger partial charge in [-0.15, -0.1) is 6.58 Å². The number of likely N-dealkylation sites (tertiary alicyclic amines) is 2. The van der Waals surface area contributed by atoms with Crippen LogP contribution in [0.3, 0.4) is 0 Å². The minimum Gasteiger partial charge on any atom is -0.338 e. The maximum atomic E-state index is 11.7. The minimum absolute atomic E-state index is 0.339. The molecule has 1 atom stereocenters. The second-order valence-corrected chi connectivity index (χ2v) is 4.85. The van der Waals surface area contributed by atoms with Crippen molar-refractivity contribution in [3.8, 4) is 0 Å². The molecule has 0 N–H and O–H groups in total. The van der Waals surface area contributed by atoms with Gasteiger partial charge in [-0.05, 0) is 38.8 Å². The summed E-state index contributed by atoms with van der Waals surface area (Å²) in [4.78, 5) is 16.3. The van der Waals surface area contributed by atoms with E-state index >= 15 is 0 Å². The van der Waals surface area contributed by atoms with Crippen LogP contribution < -0.4 is 0 Å². The fraction of sp³-hybridized carbons (Fsp3) is 0.769. The highest BCUT2D eigenvalue weighted by Crippen LogP contribution is 2.21. The van der Waals surface area contributed by atoms with Crippen LogP contribution in [-0.2, 0) is 4.79 Å². The van der Waals surface area contributed by atoms with E-state index in [2.05, 4.69) is 16.4 Å². The third-order valence-electron chi connectivity index (χ3n) is 3.75. The van der Waals surface area contributed by atoms with Crippen LogP contribution in [0.1, 0.15) is 32.1 Å². The van der Waals surface area contributed by atoms with E-state index in [-0.39, 0.29) is 0 Å². The van der Waals surface area contributed by atoms with E-state index in [0.717, 1.165) is 32.4 Å². The van der Waals surface area contributed by atoms with Crippen molar-refractivity contribution in [3.05, 3.63) is 12.7 Å². The molecule has 2 fully saturated rings. The van der Waals surface area contributed by atoms with E-state index < -0.39 is 0 Å². The van der Waals surface area contributed by atoms with E-state index in [1.54, 1.807) is 0 Å². The molecular weight excluding hydrogens is 200 g/mol. The van der Waals surface area contributed by atoms with Gasteiger partial charge in [0.25, 0.3) is 0 Å². The summed E-state index contributed by atoms with van der Waals surface area (Å²) in [5.41, 5.74) is 0. The van der Waals surface area contributed by atoms with Crippen molar-refractivity contribution >= 4 is 5.91 Å². The predicted octanol–water partition coefficient (Wildman–Crippen LogP) is 1.65. The molecular formula is C13H22N2O. The lowest BCUT2D eigenvalue weighted by molar-refractivity contribution is -0.129. The number of hydrogen-bond acceptors (Lipinski definition) is 2. The largest absolute Gasteiger partial charge is 0.338 e. The van der Waals surface area contributed by atoms with Gasteiger partial charge in [-0.2, -0.15) is 0 Å². The highest BCUT2D eigenvalue weighted by molar-refractivity contribution is 5.78. The van der Waals surface area contributed by atoms with Crippen molar-refractivity contribution in [2.24, 2.45) is 0 Å². The van der Waals surface area contributed by atoms with Gasteiger partial charge < -0.3 is 9.80 Å². The maximum absolute atomic E-state index is 11.7. The highest BCUT2D eigenvalue weighted by Gasteiger charge is 2.29. The number of amides is 1. The van der Waals surface area contributed by atoms with Gasteiger partial charge in [0, 0.05) is 25.6 Å². The Morgan fingerprint density at radius 3 is 2.75 bits per heavy atom. The number of nitrogens with zero attached hydrogens (tertiary/aromatic N) is 2. The van der Waals surface area contributed by atoms with Crippen LogP contribution in [0.4, 0.5) is 0 Å². The lowest BCUT2D eigenvalue weighted by atomic mass is 10.1. The molecule has 3 nitrogen and oxygen atoms in total. The standard InChI is InChI=1S/C13H22N2O/c1-2-5-12-6-7-13(16)15(12)11-10-14-8-3-4-9-14/h2,12H,1,3-11H2. The van der Waals surface area contributed by atoms with Gasteiger partial charge in [-0.1, -0.05) is 6.08 Å². The van der Waals surface area contributed by atoms with Gasteiger partial charge >= 0.3 is 0 Å². The van der Waals surface area contributed by atoms with Gasteiger partial charge in [0.2, 0.25) is 5.91 Å². The van der Waals surface area contributed by atoms with Crippen molar-refractivity contribution in [1.82, 2.24) is 9.80 Å². The predicted molar refractivity (Wildman–Crippen MR) is 65.2 cm³/mol. The van der Waals surface area contributed by atoms with Crippen LogP contribution in [-0.4, -0.2) is 47.9 Å². The number of hydrogen-bond donors (Lipinski definition) is 0. The second kappa shape index (κ2) is 5.48. The first-order chi connectivity index (χ1) is 7.81. The van der Waals surface area contributed by atoms with E-state index in [0.29, 0.717) is 11.9 Å². The molecule has 1 unspecified atom stereocenters. The monoisotopic (exact) mass is 222 g/mol. The summed E-state index contributed by atoms with van der Waals surface area (Å²) >= 11 is 0. The quantitative estimate of drug-likeness (QED) is 0.660. The molecule has 2 saturated heterocycles. The third-order valence-corrected chi connectivity index (χ3v) is 3.75. The summed E-state index contributed by atoms with van der Waals surface area (Å²) in [6.45, 7) is 8.17. The summed E-state index contributed by atoms with van der Waals surface area (Å²) in [7, 11) is 0. The molecule has 0 aliphatic carbocycles. The first-order valence-electron chi connectivity index (χ1n) is 6.44. The number of carbonyl (C=O) groups excluding carboxylic acids is 1. The van der Waals surface area contributed by atoms with Gasteiger partial charge in [0.1, 0.15) is 0 Å². The molecule has 0 spiro atoms. The van der Waals surface area contributed by atoms with E-state index in [1.165, 1.54) is 25.9 Å². The first kappa shape index (κ1) is 11.6. The summed E-state index contributed by atoms with van der Waals surface area (Å²) in [5, 5.41) is 0. The first-order valence-corrected chi connectivity index (χ1v) is 6.44. The lowest BCUT2D eigenvalue weighted by Gasteiger charge is -2.26. The van der Waals surface area contributed by atoms with Crippen molar-refractivity contribution in [3.63, 3.8) is 0 Å². The van der Waals surface area contributed by atoms with Crippen LogP contribution in [0.25, 0.3) is 0 Å². The van der Waals surface area contributed by atoms with E-state index in [1.807, 2.05) is 6.08 Å². The van der Waals surface area contributed by atoms with Gasteiger partial charge in [0.15, 0.2) is 0 Å². The second-order valence-electron chi connectivity index (χ2n) is 4.85. The zero-order valence-electron chi connectivity index (χ0n) is 10.0. The summed E-state index contributed by atoms with van der Waals surface area (Å²) in [5.74, 6) is 0.339. The van der Waals surface area contributed by atoms with Crippen LogP contribution in [0, 0.1) is 0 Å². The van der Waals surface area contributed by atoms with E-state index in [4.69, 9.17) is 0 Å². The molecule has 2 heterocycles. The average Bonchev–Trinajstić information content (AvgIpc) is 2.88. The molecule has 2 aliphatic rings. The highest BCUT2D eigenvalue weighted by atomic mass is 16.2. The minimum atomic E-state index is 0.339. The van der Waals surface area contributed by atoms with Gasteiger partial charge in [-0.3, -0.25) is 4.79 Å². The summed E-state index contributed by atoms with van der Waals surface area (Å²) in [6, 6.07) is 0.424. The smallest absolute Gasteiger partial charge is 0.222 e. The van der Waals surface area contributed by atoms with E-state index in [9.17, 15) is 4.79 Å². The molecule has 1 amide bonds. The summed E-state index contributed by atoms with van der Waals surface area (Å²) in [6.07, 6.45) is 7.29. The van der Waals surface area contributed by atoms with Crippen LogP contribution >= 0.6 is 0 Å². The Balaban J connectivity index is 1.80. The Labute approximate surface area is 98.1 Å². The lowest BCUT2D eigenvalue weighted by Crippen LogP contribution is -2.39. The molecule has 0 saturated carbocycles. The Kier molecular flexibility index (Phi) is 3.99. The van der Waals surface area contributed by atoms with Gasteiger partial charge in [-0.25, -0.2) is 0 Å². The number of rotatable bonds is 5. The molecule has 0 aromatic rings. The van der Waals surface area contributed by atoms with Crippen molar-refractivity contribution in [1.29, 1.82) is 0 Å². The Bertz CT molecular complexity index is 259. The molecule has 3 heteroatoms. The molecule has 2 rings (SSSR count). The topological polar surface area (TPSA) is 23.6 Å². The molecule has 2 aliphatic heterocycles. The Morgan fingerprint density at radius 1 is 1.31 bits per heavy atom. The molecule has 0 radical (unpaired) electrons. The van der Waals surface area contributed by atoms with Crippen LogP contribution in [0.5, 0.6) is 0 Å². The maximum Gasteiger partial charge on any atom is 0.222 e. The zero-order chi connectivity index (χ0) is 11.4. The zero-order valence-corrected chi connectivity index (χ0v) is 10.0. The van der Waals surface area contributed by atoms with Gasteiger partial charge in [0.05, 0.1) is 0 Å². The Hall–Kier alpha value is -0.830. The van der Waals surface area contributed by atoms with Crippen molar-refractivity contribution in [2.75, 3.05) is 26.2 Å². The SMILES string of the molecule is C=CCC1CCC(=O)N1CCN1CCCC1. The molecule has 0 aromatic heterocycles. The van der Waals surface area contributed by atoms with Crippen molar-refractivity contribution in [2.45, 2.75) is 38.1 Å². The number of carbonyl (C=O) groups is 1. The summed E-state index contributed by atoms with van der Waals surface area (Å²) < 4.78 is 0. The molecule has 90 valence electrons. The fourth-order valence-corrected chi connectivity index (χ4v) is 2.79. The molecule has 0 bridgehead atoms. The Morgan fingerprint density at radius 2 is 2.06 bits per heavy atom. The van der Waals surface area contributed by atoms with Crippen molar-refractivity contribution < 1.29 is 4.79 Å².